The number of benzene rings is 2. The summed E-state index contributed by atoms with van der Waals surface area (Å²) in [4.78, 5) is 14.1. The van der Waals surface area contributed by atoms with Gasteiger partial charge in [0.15, 0.2) is 0 Å². The molecule has 1 amide bonds. The molecule has 3 rings (SSSR count). The van der Waals surface area contributed by atoms with E-state index in [0.717, 1.165) is 12.1 Å². The molecule has 0 unspecified atom stereocenters. The predicted molar refractivity (Wildman–Crippen MR) is 105 cm³/mol. The van der Waals surface area contributed by atoms with E-state index in [4.69, 9.17) is 4.74 Å². The van der Waals surface area contributed by atoms with Crippen molar-refractivity contribution >= 4 is 15.9 Å². The van der Waals surface area contributed by atoms with Crippen molar-refractivity contribution in [1.29, 1.82) is 0 Å². The van der Waals surface area contributed by atoms with Crippen LogP contribution in [0.5, 0.6) is 5.75 Å². The second-order valence-electron chi connectivity index (χ2n) is 6.87. The fraction of sp³-hybridized carbons (Fsp3) is 0.350. The number of hydrogen-bond donors (Lipinski definition) is 0. The number of nitrogens with zero attached hydrogens (tertiary/aromatic N) is 2. The Morgan fingerprint density at radius 1 is 1.03 bits per heavy atom. The maximum Gasteiger partial charge on any atom is 0.416 e. The molecule has 0 bridgehead atoms. The van der Waals surface area contributed by atoms with Crippen LogP contribution in [0.4, 0.5) is 13.2 Å². The highest BCUT2D eigenvalue weighted by atomic mass is 32.2. The van der Waals surface area contributed by atoms with Crippen molar-refractivity contribution in [2.24, 2.45) is 0 Å². The third-order valence-electron chi connectivity index (χ3n) is 4.86. The largest absolute Gasteiger partial charge is 0.497 e. The zero-order valence-electron chi connectivity index (χ0n) is 16.2. The molecular formula is C20H21F3N2O4S. The number of rotatable bonds is 5. The summed E-state index contributed by atoms with van der Waals surface area (Å²) in [5.41, 5.74) is -0.345. The Balaban J connectivity index is 1.63. The van der Waals surface area contributed by atoms with Crippen LogP contribution in [-0.2, 0) is 22.0 Å². The quantitative estimate of drug-likeness (QED) is 0.714. The first-order valence-corrected chi connectivity index (χ1v) is 10.8. The summed E-state index contributed by atoms with van der Waals surface area (Å²) >= 11 is 0. The molecule has 0 saturated carbocycles. The van der Waals surface area contributed by atoms with Gasteiger partial charge < -0.3 is 9.64 Å². The fourth-order valence-electron chi connectivity index (χ4n) is 3.22. The molecule has 1 fully saturated rings. The highest BCUT2D eigenvalue weighted by Gasteiger charge is 2.32. The minimum Gasteiger partial charge on any atom is -0.497 e. The van der Waals surface area contributed by atoms with Crippen LogP contribution in [0.25, 0.3) is 0 Å². The van der Waals surface area contributed by atoms with Crippen LogP contribution < -0.4 is 4.74 Å². The van der Waals surface area contributed by atoms with Crippen molar-refractivity contribution in [3.8, 4) is 5.75 Å². The summed E-state index contributed by atoms with van der Waals surface area (Å²) in [6.45, 7) is 0.575. The Labute approximate surface area is 172 Å². The number of halogens is 3. The molecule has 1 aliphatic heterocycles. The third kappa shape index (κ3) is 5.11. The van der Waals surface area contributed by atoms with Crippen molar-refractivity contribution in [2.45, 2.75) is 11.9 Å². The van der Waals surface area contributed by atoms with Gasteiger partial charge in [-0.05, 0) is 35.9 Å². The Kier molecular flexibility index (Phi) is 6.37. The molecule has 1 saturated heterocycles. The van der Waals surface area contributed by atoms with Gasteiger partial charge in [-0.15, -0.1) is 0 Å². The summed E-state index contributed by atoms with van der Waals surface area (Å²) in [6.07, 6.45) is -4.53. The number of ether oxygens (including phenoxy) is 1. The first kappa shape index (κ1) is 22.1. The first-order chi connectivity index (χ1) is 14.1. The Hall–Kier alpha value is -2.59. The SMILES string of the molecule is COc1ccc(C(=O)N2CCN(S(=O)(=O)Cc3cccc(C(F)(F)F)c3)CC2)cc1. The highest BCUT2D eigenvalue weighted by Crippen LogP contribution is 2.30. The molecule has 0 N–H and O–H groups in total. The maximum atomic E-state index is 12.9. The maximum absolute atomic E-state index is 12.9. The van der Waals surface area contributed by atoms with Crippen LogP contribution in [0, 0.1) is 0 Å². The van der Waals surface area contributed by atoms with Gasteiger partial charge >= 0.3 is 6.18 Å². The minimum atomic E-state index is -4.53. The van der Waals surface area contributed by atoms with Gasteiger partial charge in [0.1, 0.15) is 5.75 Å². The summed E-state index contributed by atoms with van der Waals surface area (Å²) in [5.74, 6) is -0.117. The van der Waals surface area contributed by atoms with E-state index in [9.17, 15) is 26.4 Å². The van der Waals surface area contributed by atoms with Crippen LogP contribution in [0.3, 0.4) is 0 Å². The molecule has 6 nitrogen and oxygen atoms in total. The van der Waals surface area contributed by atoms with E-state index in [0.29, 0.717) is 11.3 Å². The van der Waals surface area contributed by atoms with Crippen molar-refractivity contribution in [3.63, 3.8) is 0 Å². The average molecular weight is 442 g/mol. The Morgan fingerprint density at radius 3 is 2.23 bits per heavy atom. The van der Waals surface area contributed by atoms with Crippen LogP contribution >= 0.6 is 0 Å². The van der Waals surface area contributed by atoms with Gasteiger partial charge in [-0.3, -0.25) is 4.79 Å². The van der Waals surface area contributed by atoms with E-state index in [-0.39, 0.29) is 37.6 Å². The van der Waals surface area contributed by atoms with Gasteiger partial charge in [0.05, 0.1) is 18.4 Å². The van der Waals surface area contributed by atoms with Gasteiger partial charge in [-0.2, -0.15) is 17.5 Å². The lowest BCUT2D eigenvalue weighted by molar-refractivity contribution is -0.137. The van der Waals surface area contributed by atoms with Gasteiger partial charge in [0, 0.05) is 31.7 Å². The molecule has 2 aromatic rings. The topological polar surface area (TPSA) is 66.9 Å². The lowest BCUT2D eigenvalue weighted by atomic mass is 10.1. The number of piperazine rings is 1. The number of alkyl halides is 3. The van der Waals surface area contributed by atoms with Gasteiger partial charge in [0.2, 0.25) is 10.0 Å². The summed E-state index contributed by atoms with van der Waals surface area (Å²) in [5, 5.41) is 0. The standard InChI is InChI=1S/C20H21F3N2O4S/c1-29-18-7-5-16(6-8-18)19(26)24-9-11-25(12-10-24)30(27,28)14-15-3-2-4-17(13-15)20(21,22)23/h2-8,13H,9-12,14H2,1H3. The summed E-state index contributed by atoms with van der Waals surface area (Å²) in [6, 6.07) is 10.9. The van der Waals surface area contributed by atoms with Crippen molar-refractivity contribution in [3.05, 3.63) is 65.2 Å². The van der Waals surface area contributed by atoms with Crippen LogP contribution in [0.1, 0.15) is 21.5 Å². The molecule has 162 valence electrons. The predicted octanol–water partition coefficient (Wildman–Crippen LogP) is 3.00. The lowest BCUT2D eigenvalue weighted by Crippen LogP contribution is -2.50. The van der Waals surface area contributed by atoms with Crippen molar-refractivity contribution in [1.82, 2.24) is 9.21 Å². The summed E-state index contributed by atoms with van der Waals surface area (Å²) < 4.78 is 70.2. The second kappa shape index (κ2) is 8.65. The van der Waals surface area contributed by atoms with Crippen LogP contribution in [-0.4, -0.2) is 56.8 Å². The monoisotopic (exact) mass is 442 g/mol. The summed E-state index contributed by atoms with van der Waals surface area (Å²) in [7, 11) is -2.29. The Morgan fingerprint density at radius 2 is 1.67 bits per heavy atom. The first-order valence-electron chi connectivity index (χ1n) is 9.17. The Bertz CT molecular complexity index is 999. The van der Waals surface area contributed by atoms with E-state index in [1.807, 2.05) is 0 Å². The van der Waals surface area contributed by atoms with Crippen molar-refractivity contribution in [2.75, 3.05) is 33.3 Å². The average Bonchev–Trinajstić information content (AvgIpc) is 2.72. The zero-order valence-corrected chi connectivity index (χ0v) is 17.0. The molecule has 0 radical (unpaired) electrons. The smallest absolute Gasteiger partial charge is 0.416 e. The number of hydrogen-bond acceptors (Lipinski definition) is 4. The molecule has 0 atom stereocenters. The van der Waals surface area contributed by atoms with E-state index in [1.54, 1.807) is 29.2 Å². The number of carbonyl (C=O) groups is 1. The fourth-order valence-corrected chi connectivity index (χ4v) is 4.73. The highest BCUT2D eigenvalue weighted by molar-refractivity contribution is 7.88. The molecule has 0 spiro atoms. The molecule has 2 aromatic carbocycles. The number of amides is 1. The molecule has 10 heteroatoms. The number of sulfonamides is 1. The molecule has 0 aromatic heterocycles. The molecule has 0 aliphatic carbocycles. The number of carbonyl (C=O) groups excluding carboxylic acids is 1. The van der Waals surface area contributed by atoms with Crippen LogP contribution in [0.15, 0.2) is 48.5 Å². The zero-order chi connectivity index (χ0) is 21.9. The van der Waals surface area contributed by atoms with Gasteiger partial charge in [-0.1, -0.05) is 18.2 Å². The van der Waals surface area contributed by atoms with E-state index >= 15 is 0 Å². The second-order valence-corrected chi connectivity index (χ2v) is 8.84. The third-order valence-corrected chi connectivity index (χ3v) is 6.71. The van der Waals surface area contributed by atoms with Gasteiger partial charge in [0.25, 0.3) is 5.91 Å². The molecule has 1 aliphatic rings. The molecule has 1 heterocycles. The normalized spacial score (nSPS) is 15.8. The molecular weight excluding hydrogens is 421 g/mol. The lowest BCUT2D eigenvalue weighted by Gasteiger charge is -2.34. The van der Waals surface area contributed by atoms with E-state index in [1.165, 1.54) is 23.5 Å². The number of methoxy groups -OCH3 is 1. The molecule has 30 heavy (non-hydrogen) atoms. The van der Waals surface area contributed by atoms with Crippen molar-refractivity contribution < 1.29 is 31.1 Å². The van der Waals surface area contributed by atoms with E-state index in [2.05, 4.69) is 0 Å². The van der Waals surface area contributed by atoms with E-state index < -0.39 is 27.5 Å². The van der Waals surface area contributed by atoms with Crippen LogP contribution in [0.2, 0.25) is 0 Å². The van der Waals surface area contributed by atoms with Gasteiger partial charge in [-0.25, -0.2) is 8.42 Å². The minimum absolute atomic E-state index is 0.0709.